The molecule has 4 aromatic heterocycles. The average molecular weight is 361 g/mol. The van der Waals surface area contributed by atoms with Crippen LogP contribution in [0.25, 0.3) is 16.9 Å². The van der Waals surface area contributed by atoms with E-state index in [9.17, 15) is 0 Å². The van der Waals surface area contributed by atoms with Crippen molar-refractivity contribution in [1.82, 2.24) is 34.9 Å². The topological polar surface area (TPSA) is 85.2 Å². The molecule has 5 rings (SSSR count). The van der Waals surface area contributed by atoms with Crippen LogP contribution in [0, 0.1) is 0 Å². The van der Waals surface area contributed by atoms with Crippen LogP contribution >= 0.6 is 0 Å². The van der Waals surface area contributed by atoms with E-state index in [4.69, 9.17) is 9.62 Å². The lowest BCUT2D eigenvalue weighted by atomic mass is 9.96. The molecule has 0 spiro atoms. The van der Waals surface area contributed by atoms with Crippen molar-refractivity contribution in [2.24, 2.45) is 0 Å². The van der Waals surface area contributed by atoms with Crippen LogP contribution in [0.15, 0.2) is 53.5 Å². The van der Waals surface area contributed by atoms with Crippen molar-refractivity contribution in [2.75, 3.05) is 13.1 Å². The first-order valence-corrected chi connectivity index (χ1v) is 9.11. The number of hydrogen-bond donors (Lipinski definition) is 0. The van der Waals surface area contributed by atoms with Gasteiger partial charge in [0, 0.05) is 36.5 Å². The van der Waals surface area contributed by atoms with Crippen molar-refractivity contribution in [1.29, 1.82) is 0 Å². The van der Waals surface area contributed by atoms with E-state index in [1.165, 1.54) is 0 Å². The number of fused-ring (bicyclic) bond motifs is 1. The summed E-state index contributed by atoms with van der Waals surface area (Å²) >= 11 is 0. The molecule has 0 aromatic carbocycles. The average Bonchev–Trinajstić information content (AvgIpc) is 3.39. The highest BCUT2D eigenvalue weighted by atomic mass is 16.5. The van der Waals surface area contributed by atoms with E-state index in [1.54, 1.807) is 12.5 Å². The van der Waals surface area contributed by atoms with E-state index in [2.05, 4.69) is 25.2 Å². The zero-order valence-electron chi connectivity index (χ0n) is 14.8. The number of nitrogens with zero attached hydrogens (tertiary/aromatic N) is 7. The van der Waals surface area contributed by atoms with Crippen LogP contribution < -0.4 is 0 Å². The van der Waals surface area contributed by atoms with Crippen LogP contribution in [0.3, 0.4) is 0 Å². The highest BCUT2D eigenvalue weighted by molar-refractivity contribution is 5.58. The number of piperidine rings is 1. The van der Waals surface area contributed by atoms with Gasteiger partial charge in [-0.2, -0.15) is 9.61 Å². The quantitative estimate of drug-likeness (QED) is 0.552. The fraction of sp³-hybridized carbons (Fsp3) is 0.316. The van der Waals surface area contributed by atoms with Crippen molar-refractivity contribution in [3.8, 4) is 11.3 Å². The Balaban J connectivity index is 1.36. The normalized spacial score (nSPS) is 16.1. The molecule has 0 radical (unpaired) electrons. The van der Waals surface area contributed by atoms with Gasteiger partial charge in [0.1, 0.15) is 6.26 Å². The molecule has 5 heterocycles. The summed E-state index contributed by atoms with van der Waals surface area (Å²) in [4.78, 5) is 6.58. The van der Waals surface area contributed by atoms with Crippen LogP contribution in [0.1, 0.15) is 30.3 Å². The largest absolute Gasteiger partial charge is 0.364 e. The maximum atomic E-state index is 4.92. The first-order valence-electron chi connectivity index (χ1n) is 9.11. The smallest absolute Gasteiger partial charge is 0.177 e. The van der Waals surface area contributed by atoms with E-state index in [0.717, 1.165) is 60.9 Å². The molecule has 1 aliphatic heterocycles. The fourth-order valence-corrected chi connectivity index (χ4v) is 3.63. The van der Waals surface area contributed by atoms with Gasteiger partial charge in [0.2, 0.25) is 0 Å². The molecule has 0 N–H and O–H groups in total. The minimum atomic E-state index is 0.352. The Morgan fingerprint density at radius 3 is 2.78 bits per heavy atom. The van der Waals surface area contributed by atoms with Crippen LogP contribution in [-0.2, 0) is 6.54 Å². The Hall–Kier alpha value is -3.13. The maximum absolute atomic E-state index is 4.92. The van der Waals surface area contributed by atoms with Gasteiger partial charge in [0.25, 0.3) is 0 Å². The first kappa shape index (κ1) is 16.1. The number of pyridine rings is 1. The van der Waals surface area contributed by atoms with E-state index < -0.39 is 0 Å². The molecule has 1 fully saturated rings. The standard InChI is InChI=1S/C19H19N7O/c1-2-15(12-20-8-1)17-3-4-18-21-22-19(26(18)23-17)14-5-9-25(10-6-14)13-16-7-11-27-24-16/h1-4,7-8,11-12,14H,5-6,9-10,13H2. The van der Waals surface area contributed by atoms with Gasteiger partial charge in [-0.25, -0.2) is 0 Å². The van der Waals surface area contributed by atoms with Gasteiger partial charge in [-0.1, -0.05) is 5.16 Å². The molecule has 0 unspecified atom stereocenters. The lowest BCUT2D eigenvalue weighted by Crippen LogP contribution is -2.33. The number of hydrogen-bond acceptors (Lipinski definition) is 7. The second kappa shape index (κ2) is 6.88. The SMILES string of the molecule is c1cncc(-c2ccc3nnc(C4CCN(Cc5ccon5)CC4)n3n2)c1. The van der Waals surface area contributed by atoms with E-state index in [0.29, 0.717) is 5.92 Å². The molecule has 1 saturated heterocycles. The van der Waals surface area contributed by atoms with Crippen molar-refractivity contribution in [3.05, 3.63) is 60.5 Å². The van der Waals surface area contributed by atoms with Crippen LogP contribution in [0.4, 0.5) is 0 Å². The summed E-state index contributed by atoms with van der Waals surface area (Å²) in [5.74, 6) is 1.29. The molecule has 8 nitrogen and oxygen atoms in total. The third-order valence-electron chi connectivity index (χ3n) is 5.07. The Morgan fingerprint density at radius 1 is 1.07 bits per heavy atom. The maximum Gasteiger partial charge on any atom is 0.177 e. The Kier molecular flexibility index (Phi) is 4.10. The molecule has 0 atom stereocenters. The van der Waals surface area contributed by atoms with Crippen LogP contribution in [0.5, 0.6) is 0 Å². The number of aromatic nitrogens is 6. The molecular formula is C19H19N7O. The third kappa shape index (κ3) is 3.19. The summed E-state index contributed by atoms with van der Waals surface area (Å²) < 4.78 is 6.81. The monoisotopic (exact) mass is 361 g/mol. The fourth-order valence-electron chi connectivity index (χ4n) is 3.63. The van der Waals surface area contributed by atoms with Crippen molar-refractivity contribution in [2.45, 2.75) is 25.3 Å². The van der Waals surface area contributed by atoms with E-state index in [-0.39, 0.29) is 0 Å². The Bertz CT molecular complexity index is 1020. The lowest BCUT2D eigenvalue weighted by Gasteiger charge is -2.30. The minimum absolute atomic E-state index is 0.352. The van der Waals surface area contributed by atoms with Gasteiger partial charge in [0.15, 0.2) is 11.5 Å². The second-order valence-electron chi connectivity index (χ2n) is 6.83. The lowest BCUT2D eigenvalue weighted by molar-refractivity contribution is 0.196. The molecule has 8 heteroatoms. The molecule has 0 bridgehead atoms. The zero-order chi connectivity index (χ0) is 18.1. The summed E-state index contributed by atoms with van der Waals surface area (Å²) in [5.41, 5.74) is 3.62. The van der Waals surface area contributed by atoms with Crippen molar-refractivity contribution >= 4 is 5.65 Å². The van der Waals surface area contributed by atoms with Crippen LogP contribution in [-0.4, -0.2) is 47.9 Å². The third-order valence-corrected chi connectivity index (χ3v) is 5.07. The highest BCUT2D eigenvalue weighted by Gasteiger charge is 2.25. The molecule has 0 saturated carbocycles. The summed E-state index contributed by atoms with van der Waals surface area (Å²) in [6.07, 6.45) is 7.25. The predicted molar refractivity (Wildman–Crippen MR) is 97.8 cm³/mol. The second-order valence-corrected chi connectivity index (χ2v) is 6.83. The van der Waals surface area contributed by atoms with Gasteiger partial charge in [-0.05, 0) is 50.2 Å². The zero-order valence-corrected chi connectivity index (χ0v) is 14.8. The highest BCUT2D eigenvalue weighted by Crippen LogP contribution is 2.28. The molecular weight excluding hydrogens is 342 g/mol. The molecule has 4 aromatic rings. The van der Waals surface area contributed by atoms with Gasteiger partial charge < -0.3 is 4.52 Å². The Labute approximate surface area is 155 Å². The Morgan fingerprint density at radius 2 is 2.00 bits per heavy atom. The number of rotatable bonds is 4. The van der Waals surface area contributed by atoms with Gasteiger partial charge in [-0.15, -0.1) is 10.2 Å². The first-order chi connectivity index (χ1) is 13.4. The van der Waals surface area contributed by atoms with E-state index in [1.807, 2.05) is 41.0 Å². The van der Waals surface area contributed by atoms with Crippen molar-refractivity contribution < 1.29 is 4.52 Å². The molecule has 0 aliphatic carbocycles. The predicted octanol–water partition coefficient (Wildman–Crippen LogP) is 2.55. The van der Waals surface area contributed by atoms with Crippen molar-refractivity contribution in [3.63, 3.8) is 0 Å². The van der Waals surface area contributed by atoms with Gasteiger partial charge in [-0.3, -0.25) is 9.88 Å². The van der Waals surface area contributed by atoms with Crippen LogP contribution in [0.2, 0.25) is 0 Å². The molecule has 1 aliphatic rings. The summed E-state index contributed by atoms with van der Waals surface area (Å²) in [6, 6.07) is 9.77. The molecule has 136 valence electrons. The summed E-state index contributed by atoms with van der Waals surface area (Å²) in [5, 5.41) is 17.5. The minimum Gasteiger partial charge on any atom is -0.364 e. The van der Waals surface area contributed by atoms with Gasteiger partial charge in [0.05, 0.1) is 11.4 Å². The molecule has 0 amide bonds. The summed E-state index contributed by atoms with van der Waals surface area (Å²) in [7, 11) is 0. The molecule has 27 heavy (non-hydrogen) atoms. The van der Waals surface area contributed by atoms with Gasteiger partial charge >= 0.3 is 0 Å². The number of likely N-dealkylation sites (tertiary alicyclic amines) is 1. The summed E-state index contributed by atoms with van der Waals surface area (Å²) in [6.45, 7) is 2.82. The van der Waals surface area contributed by atoms with E-state index >= 15 is 0 Å².